The molecule has 116 valence electrons. The van der Waals surface area contributed by atoms with Crippen molar-refractivity contribution in [1.29, 1.82) is 0 Å². The zero-order valence-electron chi connectivity index (χ0n) is 12.7. The Morgan fingerprint density at radius 2 is 2.32 bits per heavy atom. The first-order chi connectivity index (χ1) is 10.6. The summed E-state index contributed by atoms with van der Waals surface area (Å²) in [6.45, 7) is 4.81. The molecule has 5 heteroatoms. The van der Waals surface area contributed by atoms with E-state index in [-0.39, 0.29) is 5.91 Å². The van der Waals surface area contributed by atoms with Gasteiger partial charge in [-0.3, -0.25) is 9.78 Å². The van der Waals surface area contributed by atoms with Crippen LogP contribution in [0.3, 0.4) is 0 Å². The maximum atomic E-state index is 12.5. The first-order valence-electron chi connectivity index (χ1n) is 7.69. The summed E-state index contributed by atoms with van der Waals surface area (Å²) in [6, 6.07) is 7.70. The molecule has 0 aliphatic carbocycles. The van der Waals surface area contributed by atoms with Gasteiger partial charge in [-0.2, -0.15) is 0 Å². The minimum absolute atomic E-state index is 0.0143. The zero-order chi connectivity index (χ0) is 15.5. The van der Waals surface area contributed by atoms with E-state index in [9.17, 15) is 4.79 Å². The van der Waals surface area contributed by atoms with Crippen LogP contribution in [0, 0.1) is 12.8 Å². The molecule has 0 radical (unpaired) electrons. The number of amides is 1. The Bertz CT molecular complexity index is 696. The van der Waals surface area contributed by atoms with Gasteiger partial charge in [-0.15, -0.1) is 0 Å². The van der Waals surface area contributed by atoms with E-state index in [2.05, 4.69) is 31.5 Å². The number of benzene rings is 1. The molecule has 3 rings (SSSR count). The molecule has 1 aliphatic heterocycles. The van der Waals surface area contributed by atoms with E-state index < -0.39 is 0 Å². The van der Waals surface area contributed by atoms with Crippen LogP contribution in [0.1, 0.15) is 28.9 Å². The van der Waals surface area contributed by atoms with Crippen LogP contribution in [-0.2, 0) is 0 Å². The van der Waals surface area contributed by atoms with Crippen molar-refractivity contribution in [1.82, 2.24) is 15.6 Å². The van der Waals surface area contributed by atoms with Crippen molar-refractivity contribution in [3.63, 3.8) is 0 Å². The third-order valence-electron chi connectivity index (χ3n) is 4.14. The average molecular weight is 362 g/mol. The van der Waals surface area contributed by atoms with Gasteiger partial charge in [0.05, 0.1) is 11.1 Å². The number of hydrogen-bond acceptors (Lipinski definition) is 3. The van der Waals surface area contributed by atoms with E-state index in [1.807, 2.05) is 31.2 Å². The molecule has 0 bridgehead atoms. The summed E-state index contributed by atoms with van der Waals surface area (Å²) in [5, 5.41) is 7.30. The molecule has 0 spiro atoms. The Labute approximate surface area is 138 Å². The number of nitrogens with zero attached hydrogens (tertiary/aromatic N) is 1. The quantitative estimate of drug-likeness (QED) is 0.879. The molecule has 1 amide bonds. The number of pyridine rings is 1. The van der Waals surface area contributed by atoms with E-state index in [1.54, 1.807) is 0 Å². The van der Waals surface area contributed by atoms with Crippen LogP contribution in [0.5, 0.6) is 0 Å². The van der Waals surface area contributed by atoms with Crippen molar-refractivity contribution in [2.45, 2.75) is 19.8 Å². The predicted octanol–water partition coefficient (Wildman–Crippen LogP) is 3.04. The molecule has 4 nitrogen and oxygen atoms in total. The largest absolute Gasteiger partial charge is 0.352 e. The van der Waals surface area contributed by atoms with Crippen LogP contribution in [0.15, 0.2) is 28.7 Å². The van der Waals surface area contributed by atoms with E-state index in [1.165, 1.54) is 6.42 Å². The molecular weight excluding hydrogens is 342 g/mol. The smallest absolute Gasteiger partial charge is 0.252 e. The lowest BCUT2D eigenvalue weighted by atomic mass is 10.0. The summed E-state index contributed by atoms with van der Waals surface area (Å²) in [7, 11) is 0. The molecule has 1 fully saturated rings. The normalized spacial score (nSPS) is 17.8. The van der Waals surface area contributed by atoms with Crippen LogP contribution in [-0.4, -0.2) is 30.5 Å². The average Bonchev–Trinajstić information content (AvgIpc) is 3.00. The second-order valence-electron chi connectivity index (χ2n) is 5.88. The number of fused-ring (bicyclic) bond motifs is 1. The molecule has 1 aliphatic rings. The number of aryl methyl sites for hydroxylation is 1. The molecule has 22 heavy (non-hydrogen) atoms. The number of hydrogen-bond donors (Lipinski definition) is 2. The molecule has 1 unspecified atom stereocenters. The van der Waals surface area contributed by atoms with Crippen molar-refractivity contribution >= 4 is 32.7 Å². The van der Waals surface area contributed by atoms with Gasteiger partial charge < -0.3 is 10.6 Å². The van der Waals surface area contributed by atoms with Crippen LogP contribution < -0.4 is 10.6 Å². The second kappa shape index (κ2) is 6.75. The Balaban J connectivity index is 1.76. The third-order valence-corrected chi connectivity index (χ3v) is 4.64. The summed E-state index contributed by atoms with van der Waals surface area (Å²) in [5.41, 5.74) is 2.42. The van der Waals surface area contributed by atoms with E-state index in [4.69, 9.17) is 0 Å². The molecule has 1 saturated heterocycles. The fraction of sp³-hybridized carbons (Fsp3) is 0.412. The summed E-state index contributed by atoms with van der Waals surface area (Å²) in [5.74, 6) is 0.671. The summed E-state index contributed by atoms with van der Waals surface area (Å²) < 4.78 is 0.955. The highest BCUT2D eigenvalue weighted by Gasteiger charge is 2.16. The van der Waals surface area contributed by atoms with Gasteiger partial charge in [0.2, 0.25) is 0 Å². The molecule has 1 atom stereocenters. The molecule has 1 aromatic carbocycles. The van der Waals surface area contributed by atoms with Gasteiger partial charge in [0.1, 0.15) is 0 Å². The lowest BCUT2D eigenvalue weighted by Crippen LogP contribution is -2.26. The van der Waals surface area contributed by atoms with E-state index in [0.717, 1.165) is 47.1 Å². The lowest BCUT2D eigenvalue weighted by Gasteiger charge is -2.11. The topological polar surface area (TPSA) is 54.0 Å². The number of carbonyl (C=O) groups excluding carboxylic acids is 1. The summed E-state index contributed by atoms with van der Waals surface area (Å²) >= 11 is 3.47. The summed E-state index contributed by atoms with van der Waals surface area (Å²) in [4.78, 5) is 17.0. The number of nitrogens with one attached hydrogen (secondary N) is 2. The van der Waals surface area contributed by atoms with Crippen molar-refractivity contribution < 1.29 is 4.79 Å². The number of rotatable bonds is 4. The van der Waals surface area contributed by atoms with Crippen LogP contribution in [0.25, 0.3) is 10.9 Å². The molecule has 2 aromatic rings. The fourth-order valence-electron chi connectivity index (χ4n) is 2.96. The van der Waals surface area contributed by atoms with Gasteiger partial charge >= 0.3 is 0 Å². The zero-order valence-corrected chi connectivity index (χ0v) is 14.2. The van der Waals surface area contributed by atoms with Crippen molar-refractivity contribution in [3.8, 4) is 0 Å². The number of aromatic nitrogens is 1. The van der Waals surface area contributed by atoms with Gasteiger partial charge in [0.25, 0.3) is 5.91 Å². The van der Waals surface area contributed by atoms with Gasteiger partial charge in [0.15, 0.2) is 0 Å². The number of carbonyl (C=O) groups is 1. The molecule has 2 heterocycles. The Kier molecular flexibility index (Phi) is 4.74. The van der Waals surface area contributed by atoms with Gasteiger partial charge in [0, 0.05) is 22.1 Å². The SMILES string of the molecule is Cc1cc(C(=O)NCCC2CCNC2)c2cc(Br)ccc2n1. The molecule has 2 N–H and O–H groups in total. The van der Waals surface area contributed by atoms with Gasteiger partial charge in [-0.25, -0.2) is 0 Å². The van der Waals surface area contributed by atoms with E-state index in [0.29, 0.717) is 11.5 Å². The van der Waals surface area contributed by atoms with Crippen LogP contribution in [0.2, 0.25) is 0 Å². The first-order valence-corrected chi connectivity index (χ1v) is 8.48. The van der Waals surface area contributed by atoms with Crippen molar-refractivity contribution in [2.24, 2.45) is 5.92 Å². The van der Waals surface area contributed by atoms with Crippen molar-refractivity contribution in [3.05, 3.63) is 40.0 Å². The Morgan fingerprint density at radius 3 is 3.09 bits per heavy atom. The maximum absolute atomic E-state index is 12.5. The maximum Gasteiger partial charge on any atom is 0.252 e. The van der Waals surface area contributed by atoms with Crippen molar-refractivity contribution in [2.75, 3.05) is 19.6 Å². The fourth-order valence-corrected chi connectivity index (χ4v) is 3.33. The number of halogens is 1. The van der Waals surface area contributed by atoms with Gasteiger partial charge in [-0.1, -0.05) is 15.9 Å². The highest BCUT2D eigenvalue weighted by molar-refractivity contribution is 9.10. The van der Waals surface area contributed by atoms with Crippen LogP contribution in [0.4, 0.5) is 0 Å². The Morgan fingerprint density at radius 1 is 1.45 bits per heavy atom. The second-order valence-corrected chi connectivity index (χ2v) is 6.79. The minimum Gasteiger partial charge on any atom is -0.352 e. The third kappa shape index (κ3) is 3.47. The summed E-state index contributed by atoms with van der Waals surface area (Å²) in [6.07, 6.45) is 2.24. The lowest BCUT2D eigenvalue weighted by molar-refractivity contribution is 0.0953. The molecular formula is C17H20BrN3O. The highest BCUT2D eigenvalue weighted by atomic mass is 79.9. The molecule has 1 aromatic heterocycles. The Hall–Kier alpha value is -1.46. The predicted molar refractivity (Wildman–Crippen MR) is 92.1 cm³/mol. The van der Waals surface area contributed by atoms with Crippen LogP contribution >= 0.6 is 15.9 Å². The first kappa shape index (κ1) is 15.4. The van der Waals surface area contributed by atoms with Gasteiger partial charge in [-0.05, 0) is 63.0 Å². The highest BCUT2D eigenvalue weighted by Crippen LogP contribution is 2.23. The minimum atomic E-state index is -0.0143. The monoisotopic (exact) mass is 361 g/mol. The molecule has 0 saturated carbocycles. The van der Waals surface area contributed by atoms with E-state index >= 15 is 0 Å². The standard InChI is InChI=1S/C17H20BrN3O/c1-11-8-15(14-9-13(18)2-3-16(14)21-11)17(22)20-7-5-12-4-6-19-10-12/h2-3,8-9,12,19H,4-7,10H2,1H3,(H,20,22).